The Labute approximate surface area is 140 Å². The summed E-state index contributed by atoms with van der Waals surface area (Å²) in [6.45, 7) is 2.04. The van der Waals surface area contributed by atoms with E-state index in [1.807, 2.05) is 37.3 Å². The number of hydrogen-bond donors (Lipinski definition) is 1. The van der Waals surface area contributed by atoms with Crippen LogP contribution in [0.3, 0.4) is 0 Å². The minimum Gasteiger partial charge on any atom is -0.362 e. The molecule has 0 radical (unpaired) electrons. The highest BCUT2D eigenvalue weighted by molar-refractivity contribution is 6.24. The second kappa shape index (κ2) is 4.82. The third-order valence-corrected chi connectivity index (χ3v) is 6.12. The predicted molar refractivity (Wildman–Crippen MR) is 90.8 cm³/mol. The van der Waals surface area contributed by atoms with Crippen molar-refractivity contribution < 1.29 is 9.59 Å². The predicted octanol–water partition coefficient (Wildman–Crippen LogP) is 3.49. The fourth-order valence-electron chi connectivity index (χ4n) is 5.25. The van der Waals surface area contributed by atoms with E-state index >= 15 is 0 Å². The molecule has 1 aromatic carbocycles. The van der Waals surface area contributed by atoms with E-state index in [0.717, 1.165) is 30.5 Å². The first-order valence-corrected chi connectivity index (χ1v) is 8.79. The molecule has 5 rings (SSSR count). The highest BCUT2D eigenvalue weighted by Crippen LogP contribution is 2.57. The number of amides is 2. The second-order valence-electron chi connectivity index (χ2n) is 7.37. The first-order chi connectivity index (χ1) is 11.7. The zero-order chi connectivity index (χ0) is 16.4. The SMILES string of the molecule is Cc1cc2c([nH]1)[C@@H]1CCC[C@@H]1[C@@H]1C(=O)N(c3ccccc3)C(=O)[C@H]21. The third kappa shape index (κ3) is 1.68. The number of fused-ring (bicyclic) bond motifs is 6. The van der Waals surface area contributed by atoms with E-state index in [2.05, 4.69) is 11.1 Å². The van der Waals surface area contributed by atoms with Crippen molar-refractivity contribution in [3.8, 4) is 0 Å². The molecule has 4 nitrogen and oxygen atoms in total. The summed E-state index contributed by atoms with van der Waals surface area (Å²) in [7, 11) is 0. The molecule has 2 aliphatic carbocycles. The summed E-state index contributed by atoms with van der Waals surface area (Å²) in [4.78, 5) is 31.3. The van der Waals surface area contributed by atoms with Gasteiger partial charge in [0.1, 0.15) is 0 Å². The monoisotopic (exact) mass is 320 g/mol. The molecule has 1 saturated heterocycles. The third-order valence-electron chi connectivity index (χ3n) is 6.12. The Morgan fingerprint density at radius 2 is 1.88 bits per heavy atom. The molecule has 0 spiro atoms. The standard InChI is InChI=1S/C20H20N2O2/c1-11-10-15-17-16(13-8-5-9-14(13)18(15)21-11)19(23)22(20(17)24)12-6-3-2-4-7-12/h2-4,6-7,10,13-14,16-17,21H,5,8-9H2,1H3/t13-,14+,16-,17+/m0/s1. The number of H-pyrrole nitrogens is 1. The maximum absolute atomic E-state index is 13.2. The Bertz CT molecular complexity index is 839. The molecule has 0 unspecified atom stereocenters. The molecule has 2 amide bonds. The molecule has 3 aliphatic rings. The molecule has 1 saturated carbocycles. The van der Waals surface area contributed by atoms with Crippen LogP contribution in [-0.4, -0.2) is 16.8 Å². The number of aryl methyl sites for hydroxylation is 1. The van der Waals surface area contributed by atoms with Gasteiger partial charge < -0.3 is 4.98 Å². The van der Waals surface area contributed by atoms with Crippen LogP contribution in [0.15, 0.2) is 36.4 Å². The molecule has 0 bridgehead atoms. The van der Waals surface area contributed by atoms with Gasteiger partial charge in [0.15, 0.2) is 0 Å². The second-order valence-corrected chi connectivity index (χ2v) is 7.37. The molecule has 2 aromatic rings. The lowest BCUT2D eigenvalue weighted by molar-refractivity contribution is -0.123. The van der Waals surface area contributed by atoms with E-state index in [9.17, 15) is 9.59 Å². The molecule has 1 aromatic heterocycles. The lowest BCUT2D eigenvalue weighted by atomic mass is 9.68. The van der Waals surface area contributed by atoms with E-state index in [-0.39, 0.29) is 23.7 Å². The minimum atomic E-state index is -0.308. The summed E-state index contributed by atoms with van der Waals surface area (Å²) in [5.74, 6) is 0.150. The number of nitrogens with one attached hydrogen (secondary N) is 1. The number of rotatable bonds is 1. The molecular formula is C20H20N2O2. The number of anilines is 1. The average molecular weight is 320 g/mol. The molecule has 1 aliphatic heterocycles. The highest BCUT2D eigenvalue weighted by Gasteiger charge is 2.58. The van der Waals surface area contributed by atoms with Gasteiger partial charge in [-0.15, -0.1) is 0 Å². The summed E-state index contributed by atoms with van der Waals surface area (Å²) in [5.41, 5.74) is 4.07. The van der Waals surface area contributed by atoms with Crippen molar-refractivity contribution in [3.05, 3.63) is 53.3 Å². The molecule has 4 atom stereocenters. The van der Waals surface area contributed by atoms with Gasteiger partial charge in [0, 0.05) is 17.3 Å². The van der Waals surface area contributed by atoms with Gasteiger partial charge >= 0.3 is 0 Å². The Balaban J connectivity index is 1.67. The molecule has 24 heavy (non-hydrogen) atoms. The van der Waals surface area contributed by atoms with Crippen LogP contribution in [0.5, 0.6) is 0 Å². The fourth-order valence-corrected chi connectivity index (χ4v) is 5.25. The van der Waals surface area contributed by atoms with Crippen molar-refractivity contribution >= 4 is 17.5 Å². The largest absolute Gasteiger partial charge is 0.362 e. The van der Waals surface area contributed by atoms with Crippen LogP contribution >= 0.6 is 0 Å². The molecule has 1 N–H and O–H groups in total. The number of aromatic amines is 1. The van der Waals surface area contributed by atoms with Crippen LogP contribution in [0, 0.1) is 18.8 Å². The normalized spacial score (nSPS) is 31.1. The van der Waals surface area contributed by atoms with Gasteiger partial charge in [0.2, 0.25) is 11.8 Å². The van der Waals surface area contributed by atoms with Gasteiger partial charge in [0.05, 0.1) is 17.5 Å². The molecule has 4 heteroatoms. The molecular weight excluding hydrogens is 300 g/mol. The van der Waals surface area contributed by atoms with Gasteiger partial charge in [0.25, 0.3) is 0 Å². The van der Waals surface area contributed by atoms with Crippen LogP contribution < -0.4 is 4.90 Å². The van der Waals surface area contributed by atoms with Crippen molar-refractivity contribution in [2.45, 2.75) is 38.0 Å². The summed E-state index contributed by atoms with van der Waals surface area (Å²) < 4.78 is 0. The zero-order valence-electron chi connectivity index (χ0n) is 13.7. The van der Waals surface area contributed by atoms with Crippen molar-refractivity contribution in [2.75, 3.05) is 4.90 Å². The number of hydrogen-bond acceptors (Lipinski definition) is 2. The van der Waals surface area contributed by atoms with E-state index in [4.69, 9.17) is 0 Å². The molecule has 2 fully saturated rings. The number of nitrogens with zero attached hydrogens (tertiary/aromatic N) is 1. The summed E-state index contributed by atoms with van der Waals surface area (Å²) in [6.07, 6.45) is 3.31. The van der Waals surface area contributed by atoms with Crippen LogP contribution in [0.2, 0.25) is 0 Å². The lowest BCUT2D eigenvalue weighted by Crippen LogP contribution is -2.33. The Hall–Kier alpha value is -2.36. The number of imide groups is 1. The molecule has 122 valence electrons. The van der Waals surface area contributed by atoms with Gasteiger partial charge in [-0.1, -0.05) is 24.6 Å². The van der Waals surface area contributed by atoms with E-state index in [1.54, 1.807) is 0 Å². The van der Waals surface area contributed by atoms with E-state index in [0.29, 0.717) is 17.5 Å². The maximum Gasteiger partial charge on any atom is 0.242 e. The first-order valence-electron chi connectivity index (χ1n) is 8.79. The molecule has 2 heterocycles. The average Bonchev–Trinajstić information content (AvgIpc) is 3.24. The smallest absolute Gasteiger partial charge is 0.242 e. The Morgan fingerprint density at radius 1 is 1.08 bits per heavy atom. The number of para-hydroxylation sites is 1. The van der Waals surface area contributed by atoms with Crippen molar-refractivity contribution in [1.29, 1.82) is 0 Å². The Morgan fingerprint density at radius 3 is 2.67 bits per heavy atom. The first kappa shape index (κ1) is 14.0. The van der Waals surface area contributed by atoms with Crippen molar-refractivity contribution in [1.82, 2.24) is 4.98 Å². The van der Waals surface area contributed by atoms with Gasteiger partial charge in [-0.2, -0.15) is 0 Å². The van der Waals surface area contributed by atoms with Crippen molar-refractivity contribution in [2.24, 2.45) is 11.8 Å². The van der Waals surface area contributed by atoms with E-state index < -0.39 is 0 Å². The topological polar surface area (TPSA) is 53.2 Å². The summed E-state index contributed by atoms with van der Waals surface area (Å²) >= 11 is 0. The number of carbonyl (C=O) groups excluding carboxylic acids is 2. The van der Waals surface area contributed by atoms with Gasteiger partial charge in [-0.3, -0.25) is 9.59 Å². The van der Waals surface area contributed by atoms with Gasteiger partial charge in [-0.05, 0) is 49.4 Å². The van der Waals surface area contributed by atoms with Crippen molar-refractivity contribution in [3.63, 3.8) is 0 Å². The number of aromatic nitrogens is 1. The van der Waals surface area contributed by atoms with Gasteiger partial charge in [-0.25, -0.2) is 4.90 Å². The quantitative estimate of drug-likeness (QED) is 0.818. The van der Waals surface area contributed by atoms with Crippen LogP contribution in [0.4, 0.5) is 5.69 Å². The maximum atomic E-state index is 13.2. The van der Waals surface area contributed by atoms with Crippen LogP contribution in [-0.2, 0) is 9.59 Å². The number of carbonyl (C=O) groups is 2. The van der Waals surface area contributed by atoms with E-state index in [1.165, 1.54) is 10.6 Å². The lowest BCUT2D eigenvalue weighted by Gasteiger charge is -2.33. The number of benzene rings is 1. The summed E-state index contributed by atoms with van der Waals surface area (Å²) in [5, 5.41) is 0. The van der Waals surface area contributed by atoms with Crippen LogP contribution in [0.25, 0.3) is 0 Å². The zero-order valence-corrected chi connectivity index (χ0v) is 13.7. The Kier molecular flexibility index (Phi) is 2.82. The van der Waals surface area contributed by atoms with Crippen LogP contribution in [0.1, 0.15) is 48.0 Å². The highest BCUT2D eigenvalue weighted by atomic mass is 16.2. The minimum absolute atomic E-state index is 0.00222. The fraction of sp³-hybridized carbons (Fsp3) is 0.400. The summed E-state index contributed by atoms with van der Waals surface area (Å²) in [6, 6.07) is 11.4.